The Morgan fingerprint density at radius 1 is 1.55 bits per heavy atom. The molecule has 0 unspecified atom stereocenters. The molecule has 0 radical (unpaired) electrons. The standard InChI is InChI=1S/C7H6ClNO2/c1-11-5-2-3-7(9-10)6(8)4-5/h2-4H,1H3. The summed E-state index contributed by atoms with van der Waals surface area (Å²) in [5.74, 6) is 0.613. The van der Waals surface area contributed by atoms with E-state index in [0.717, 1.165) is 0 Å². The zero-order valence-corrected chi connectivity index (χ0v) is 6.63. The Bertz CT molecular complexity index is 275. The molecule has 3 nitrogen and oxygen atoms in total. The van der Waals surface area contributed by atoms with E-state index in [9.17, 15) is 4.91 Å². The molecular formula is C7H6ClNO2. The monoisotopic (exact) mass is 171 g/mol. The first-order valence-electron chi connectivity index (χ1n) is 2.95. The Labute approximate surface area is 68.9 Å². The van der Waals surface area contributed by atoms with Crippen molar-refractivity contribution >= 4 is 17.3 Å². The van der Waals surface area contributed by atoms with Crippen LogP contribution < -0.4 is 4.74 Å². The van der Waals surface area contributed by atoms with Gasteiger partial charge in [0.2, 0.25) is 0 Å². The van der Waals surface area contributed by atoms with Crippen LogP contribution in [-0.2, 0) is 0 Å². The maximum Gasteiger partial charge on any atom is 0.126 e. The van der Waals surface area contributed by atoms with Gasteiger partial charge in [-0.25, -0.2) is 0 Å². The molecule has 1 aromatic carbocycles. The Hall–Kier alpha value is -1.09. The number of methoxy groups -OCH3 is 1. The average Bonchev–Trinajstić information content (AvgIpc) is 2.04. The summed E-state index contributed by atoms with van der Waals surface area (Å²) in [6.45, 7) is 0. The molecule has 0 heterocycles. The number of hydrogen-bond acceptors (Lipinski definition) is 3. The van der Waals surface area contributed by atoms with E-state index in [1.165, 1.54) is 19.2 Å². The number of nitroso groups, excluding NO2 is 1. The summed E-state index contributed by atoms with van der Waals surface area (Å²) in [4.78, 5) is 10.1. The summed E-state index contributed by atoms with van der Waals surface area (Å²) in [6.07, 6.45) is 0. The Kier molecular flexibility index (Phi) is 2.44. The molecule has 0 aromatic heterocycles. The molecule has 0 bridgehead atoms. The molecule has 0 aliphatic rings. The van der Waals surface area contributed by atoms with Crippen molar-refractivity contribution in [3.63, 3.8) is 0 Å². The van der Waals surface area contributed by atoms with Gasteiger partial charge >= 0.3 is 0 Å². The third-order valence-corrected chi connectivity index (χ3v) is 1.56. The summed E-state index contributed by atoms with van der Waals surface area (Å²) in [7, 11) is 1.53. The fraction of sp³-hybridized carbons (Fsp3) is 0.143. The highest BCUT2D eigenvalue weighted by Crippen LogP contribution is 2.28. The number of halogens is 1. The van der Waals surface area contributed by atoms with E-state index in [2.05, 4.69) is 5.18 Å². The SMILES string of the molecule is COc1ccc(N=O)c(Cl)c1. The lowest BCUT2D eigenvalue weighted by Crippen LogP contribution is -1.80. The maximum absolute atomic E-state index is 10.1. The third kappa shape index (κ3) is 1.68. The predicted molar refractivity (Wildman–Crippen MR) is 43.5 cm³/mol. The van der Waals surface area contributed by atoms with Gasteiger partial charge in [-0.05, 0) is 17.3 Å². The topological polar surface area (TPSA) is 38.7 Å². The van der Waals surface area contributed by atoms with Crippen LogP contribution in [-0.4, -0.2) is 7.11 Å². The molecule has 0 aliphatic heterocycles. The Morgan fingerprint density at radius 2 is 2.27 bits per heavy atom. The molecule has 0 saturated carbocycles. The zero-order valence-electron chi connectivity index (χ0n) is 5.87. The van der Waals surface area contributed by atoms with Crippen molar-refractivity contribution in [2.24, 2.45) is 5.18 Å². The van der Waals surface area contributed by atoms with Gasteiger partial charge in [0.25, 0.3) is 0 Å². The molecule has 58 valence electrons. The number of ether oxygens (including phenoxy) is 1. The van der Waals surface area contributed by atoms with E-state index >= 15 is 0 Å². The quantitative estimate of drug-likeness (QED) is 0.642. The number of nitrogens with zero attached hydrogens (tertiary/aromatic N) is 1. The maximum atomic E-state index is 10.1. The first-order chi connectivity index (χ1) is 5.27. The van der Waals surface area contributed by atoms with Crippen molar-refractivity contribution in [2.45, 2.75) is 0 Å². The minimum absolute atomic E-state index is 0.229. The van der Waals surface area contributed by atoms with Crippen molar-refractivity contribution in [3.05, 3.63) is 28.1 Å². The number of rotatable bonds is 2. The van der Waals surface area contributed by atoms with Gasteiger partial charge < -0.3 is 4.74 Å². The second kappa shape index (κ2) is 3.34. The van der Waals surface area contributed by atoms with Crippen LogP contribution in [0.4, 0.5) is 5.69 Å². The largest absolute Gasteiger partial charge is 0.497 e. The van der Waals surface area contributed by atoms with E-state index in [-0.39, 0.29) is 5.69 Å². The van der Waals surface area contributed by atoms with Crippen LogP contribution in [0.1, 0.15) is 0 Å². The summed E-state index contributed by atoms with van der Waals surface area (Å²) in [5, 5.41) is 3.01. The molecule has 4 heteroatoms. The van der Waals surface area contributed by atoms with E-state index in [4.69, 9.17) is 16.3 Å². The second-order valence-electron chi connectivity index (χ2n) is 1.91. The Balaban J connectivity index is 3.09. The molecular weight excluding hydrogens is 166 g/mol. The van der Waals surface area contributed by atoms with Gasteiger partial charge in [-0.2, -0.15) is 0 Å². The summed E-state index contributed by atoms with van der Waals surface area (Å²) in [6, 6.07) is 4.68. The van der Waals surface area contributed by atoms with Crippen molar-refractivity contribution < 1.29 is 4.74 Å². The van der Waals surface area contributed by atoms with Gasteiger partial charge in [0.15, 0.2) is 0 Å². The average molecular weight is 172 g/mol. The lowest BCUT2D eigenvalue weighted by atomic mass is 10.3. The molecule has 0 fully saturated rings. The van der Waals surface area contributed by atoms with Crippen LogP contribution >= 0.6 is 11.6 Å². The molecule has 1 rings (SSSR count). The number of benzene rings is 1. The van der Waals surface area contributed by atoms with E-state index in [1.807, 2.05) is 0 Å². The van der Waals surface area contributed by atoms with Gasteiger partial charge in [0.1, 0.15) is 11.4 Å². The molecule has 0 amide bonds. The highest BCUT2D eigenvalue weighted by atomic mass is 35.5. The lowest BCUT2D eigenvalue weighted by molar-refractivity contribution is 0.415. The van der Waals surface area contributed by atoms with Gasteiger partial charge in [0, 0.05) is 6.07 Å². The van der Waals surface area contributed by atoms with Crippen LogP contribution in [0.5, 0.6) is 5.75 Å². The fourth-order valence-electron chi connectivity index (χ4n) is 0.689. The van der Waals surface area contributed by atoms with Crippen molar-refractivity contribution in [2.75, 3.05) is 7.11 Å². The van der Waals surface area contributed by atoms with Crippen LogP contribution in [0.2, 0.25) is 5.02 Å². The van der Waals surface area contributed by atoms with E-state index in [1.54, 1.807) is 6.07 Å². The van der Waals surface area contributed by atoms with Crippen molar-refractivity contribution in [1.29, 1.82) is 0 Å². The summed E-state index contributed by atoms with van der Waals surface area (Å²) in [5.41, 5.74) is 0.229. The third-order valence-electron chi connectivity index (χ3n) is 1.25. The van der Waals surface area contributed by atoms with Crippen molar-refractivity contribution in [1.82, 2.24) is 0 Å². The number of hydrogen-bond donors (Lipinski definition) is 0. The zero-order chi connectivity index (χ0) is 8.27. The lowest BCUT2D eigenvalue weighted by Gasteiger charge is -1.99. The van der Waals surface area contributed by atoms with Crippen LogP contribution in [0.15, 0.2) is 23.4 Å². The van der Waals surface area contributed by atoms with Crippen LogP contribution in [0.25, 0.3) is 0 Å². The van der Waals surface area contributed by atoms with Gasteiger partial charge in [-0.15, -0.1) is 4.91 Å². The molecule has 11 heavy (non-hydrogen) atoms. The molecule has 1 aromatic rings. The van der Waals surface area contributed by atoms with Crippen molar-refractivity contribution in [3.8, 4) is 5.75 Å². The summed E-state index contributed by atoms with van der Waals surface area (Å²) < 4.78 is 4.87. The van der Waals surface area contributed by atoms with E-state index in [0.29, 0.717) is 10.8 Å². The first kappa shape index (κ1) is 8.01. The molecule has 0 N–H and O–H groups in total. The van der Waals surface area contributed by atoms with Gasteiger partial charge in [0.05, 0.1) is 12.1 Å². The molecule has 0 saturated heterocycles. The molecule has 0 aliphatic carbocycles. The second-order valence-corrected chi connectivity index (χ2v) is 2.32. The van der Waals surface area contributed by atoms with Gasteiger partial charge in [-0.1, -0.05) is 11.6 Å². The minimum atomic E-state index is 0.229. The smallest absolute Gasteiger partial charge is 0.126 e. The molecule has 0 atom stereocenters. The summed E-state index contributed by atoms with van der Waals surface area (Å²) >= 11 is 5.63. The van der Waals surface area contributed by atoms with Crippen LogP contribution in [0.3, 0.4) is 0 Å². The van der Waals surface area contributed by atoms with E-state index < -0.39 is 0 Å². The predicted octanol–water partition coefficient (Wildman–Crippen LogP) is 2.75. The molecule has 0 spiro atoms. The van der Waals surface area contributed by atoms with Crippen LogP contribution in [0, 0.1) is 4.91 Å². The highest BCUT2D eigenvalue weighted by Gasteiger charge is 2.00. The minimum Gasteiger partial charge on any atom is -0.497 e. The Morgan fingerprint density at radius 3 is 2.73 bits per heavy atom. The normalized spacial score (nSPS) is 9.27. The fourth-order valence-corrected chi connectivity index (χ4v) is 0.894. The van der Waals surface area contributed by atoms with Gasteiger partial charge in [-0.3, -0.25) is 0 Å². The highest BCUT2D eigenvalue weighted by molar-refractivity contribution is 6.33. The first-order valence-corrected chi connectivity index (χ1v) is 3.32.